The van der Waals surface area contributed by atoms with Gasteiger partial charge in [-0.3, -0.25) is 4.79 Å². The van der Waals surface area contributed by atoms with Crippen molar-refractivity contribution in [3.8, 4) is 0 Å². The third-order valence-corrected chi connectivity index (χ3v) is 5.79. The van der Waals surface area contributed by atoms with E-state index in [1.807, 2.05) is 61.5 Å². The highest BCUT2D eigenvalue weighted by molar-refractivity contribution is 6.31. The van der Waals surface area contributed by atoms with Crippen LogP contribution >= 0.6 is 11.6 Å². The van der Waals surface area contributed by atoms with E-state index in [0.29, 0.717) is 5.02 Å². The first-order valence-corrected chi connectivity index (χ1v) is 9.18. The van der Waals surface area contributed by atoms with Gasteiger partial charge in [-0.1, -0.05) is 78.3 Å². The van der Waals surface area contributed by atoms with Crippen LogP contribution in [0.2, 0.25) is 5.02 Å². The van der Waals surface area contributed by atoms with Gasteiger partial charge in [0, 0.05) is 16.1 Å². The molecule has 1 fully saturated rings. The zero-order chi connectivity index (χ0) is 18.1. The maximum absolute atomic E-state index is 13.0. The number of anilines is 1. The minimum absolute atomic E-state index is 0.0445. The van der Waals surface area contributed by atoms with Crippen molar-refractivity contribution in [3.05, 3.63) is 101 Å². The molecule has 3 aromatic carbocycles. The molecule has 3 aromatic rings. The molecule has 0 aliphatic heterocycles. The van der Waals surface area contributed by atoms with E-state index in [9.17, 15) is 4.79 Å². The number of amides is 1. The number of benzene rings is 3. The Kier molecular flexibility index (Phi) is 4.29. The molecule has 1 unspecified atom stereocenters. The Balaban J connectivity index is 1.67. The van der Waals surface area contributed by atoms with Crippen molar-refractivity contribution < 1.29 is 4.79 Å². The summed E-state index contributed by atoms with van der Waals surface area (Å²) < 4.78 is 0. The molecule has 1 aliphatic rings. The smallest absolute Gasteiger partial charge is 0.228 e. The van der Waals surface area contributed by atoms with Crippen molar-refractivity contribution in [1.29, 1.82) is 0 Å². The van der Waals surface area contributed by atoms with Gasteiger partial charge in [0.1, 0.15) is 0 Å². The fraction of sp³-hybridized carbons (Fsp3) is 0.174. The zero-order valence-corrected chi connectivity index (χ0v) is 15.3. The van der Waals surface area contributed by atoms with Crippen molar-refractivity contribution in [2.24, 2.45) is 5.92 Å². The second-order valence-corrected chi connectivity index (χ2v) is 7.27. The normalized spacial score (nSPS) is 17.5. The van der Waals surface area contributed by atoms with E-state index in [2.05, 4.69) is 29.6 Å². The first-order valence-electron chi connectivity index (χ1n) is 8.80. The van der Waals surface area contributed by atoms with E-state index in [4.69, 9.17) is 11.6 Å². The molecule has 0 bridgehead atoms. The van der Waals surface area contributed by atoms with Crippen molar-refractivity contribution in [2.45, 2.75) is 18.8 Å². The summed E-state index contributed by atoms with van der Waals surface area (Å²) in [6.45, 7) is 1.92. The fourth-order valence-corrected chi connectivity index (χ4v) is 3.99. The van der Waals surface area contributed by atoms with Crippen LogP contribution < -0.4 is 5.32 Å². The Morgan fingerprint density at radius 3 is 2.08 bits per heavy atom. The number of hydrogen-bond acceptors (Lipinski definition) is 1. The van der Waals surface area contributed by atoms with Crippen LogP contribution in [0.3, 0.4) is 0 Å². The zero-order valence-electron chi connectivity index (χ0n) is 14.6. The van der Waals surface area contributed by atoms with Crippen LogP contribution in [0.4, 0.5) is 5.69 Å². The van der Waals surface area contributed by atoms with Gasteiger partial charge in [-0.15, -0.1) is 0 Å². The highest BCUT2D eigenvalue weighted by Crippen LogP contribution is 2.59. The molecule has 1 saturated carbocycles. The Morgan fingerprint density at radius 2 is 1.50 bits per heavy atom. The molecular weight excluding hydrogens is 342 g/mol. The Bertz CT molecular complexity index is 897. The topological polar surface area (TPSA) is 29.1 Å². The molecule has 4 rings (SSSR count). The molecule has 26 heavy (non-hydrogen) atoms. The van der Waals surface area contributed by atoms with Gasteiger partial charge in [-0.25, -0.2) is 0 Å². The van der Waals surface area contributed by atoms with E-state index < -0.39 is 0 Å². The molecule has 0 spiro atoms. The van der Waals surface area contributed by atoms with Crippen LogP contribution in [0.15, 0.2) is 78.9 Å². The van der Waals surface area contributed by atoms with E-state index >= 15 is 0 Å². The molecule has 1 amide bonds. The average molecular weight is 362 g/mol. The number of carbonyl (C=O) groups excluding carboxylic acids is 1. The van der Waals surface area contributed by atoms with E-state index in [1.165, 1.54) is 11.1 Å². The summed E-state index contributed by atoms with van der Waals surface area (Å²) in [5, 5.41) is 3.75. The first-order chi connectivity index (χ1) is 12.6. The molecule has 1 aliphatic carbocycles. The summed E-state index contributed by atoms with van der Waals surface area (Å²) in [6, 6.07) is 26.2. The standard InChI is InChI=1S/C23H20ClNO/c1-16-20(24)13-8-14-21(16)25-22(26)19-15-23(19,17-9-4-2-5-10-17)18-11-6-3-7-12-18/h2-14,19H,15H2,1H3,(H,25,26). The summed E-state index contributed by atoms with van der Waals surface area (Å²) in [5.74, 6) is -0.0474. The molecular formula is C23H20ClNO. The van der Waals surface area contributed by atoms with Gasteiger partial charge in [0.15, 0.2) is 0 Å². The number of nitrogens with one attached hydrogen (secondary N) is 1. The lowest BCUT2D eigenvalue weighted by molar-refractivity contribution is -0.117. The van der Waals surface area contributed by atoms with Crippen molar-refractivity contribution >= 4 is 23.2 Å². The van der Waals surface area contributed by atoms with Crippen LogP contribution in [0.1, 0.15) is 23.1 Å². The summed E-state index contributed by atoms with van der Waals surface area (Å²) in [5.41, 5.74) is 3.81. The van der Waals surface area contributed by atoms with Gasteiger partial charge in [-0.05, 0) is 42.2 Å². The Labute approximate surface area is 158 Å². The minimum Gasteiger partial charge on any atom is -0.326 e. The fourth-order valence-electron chi connectivity index (χ4n) is 3.82. The second-order valence-electron chi connectivity index (χ2n) is 6.86. The highest BCUT2D eigenvalue weighted by Gasteiger charge is 2.60. The lowest BCUT2D eigenvalue weighted by Gasteiger charge is -2.19. The van der Waals surface area contributed by atoms with E-state index in [1.54, 1.807) is 0 Å². The van der Waals surface area contributed by atoms with Crippen molar-refractivity contribution in [2.75, 3.05) is 5.32 Å². The highest BCUT2D eigenvalue weighted by atomic mass is 35.5. The molecule has 2 nitrogen and oxygen atoms in total. The molecule has 0 saturated heterocycles. The van der Waals surface area contributed by atoms with Gasteiger partial charge in [-0.2, -0.15) is 0 Å². The Hall–Kier alpha value is -2.58. The van der Waals surface area contributed by atoms with Crippen LogP contribution in [0.5, 0.6) is 0 Å². The molecule has 1 N–H and O–H groups in total. The first kappa shape index (κ1) is 16.9. The van der Waals surface area contributed by atoms with E-state index in [0.717, 1.165) is 17.7 Å². The van der Waals surface area contributed by atoms with Crippen molar-refractivity contribution in [3.63, 3.8) is 0 Å². The summed E-state index contributed by atoms with van der Waals surface area (Å²) in [7, 11) is 0. The molecule has 0 aromatic heterocycles. The quantitative estimate of drug-likeness (QED) is 0.644. The van der Waals surface area contributed by atoms with Crippen LogP contribution in [0.25, 0.3) is 0 Å². The van der Waals surface area contributed by atoms with Crippen molar-refractivity contribution in [1.82, 2.24) is 0 Å². The van der Waals surface area contributed by atoms with Gasteiger partial charge < -0.3 is 5.32 Å². The SMILES string of the molecule is Cc1c(Cl)cccc1NC(=O)C1CC1(c1ccccc1)c1ccccc1. The van der Waals surface area contributed by atoms with Crippen LogP contribution in [0, 0.1) is 12.8 Å². The molecule has 0 heterocycles. The summed E-state index contributed by atoms with van der Waals surface area (Å²) >= 11 is 6.19. The molecule has 3 heteroatoms. The molecule has 1 atom stereocenters. The third kappa shape index (κ3) is 2.81. The van der Waals surface area contributed by atoms with Crippen LogP contribution in [-0.2, 0) is 10.2 Å². The largest absolute Gasteiger partial charge is 0.326 e. The van der Waals surface area contributed by atoms with E-state index in [-0.39, 0.29) is 17.2 Å². The van der Waals surface area contributed by atoms with Gasteiger partial charge in [0.25, 0.3) is 0 Å². The average Bonchev–Trinajstić information content (AvgIpc) is 3.44. The molecule has 130 valence electrons. The summed E-state index contributed by atoms with van der Waals surface area (Å²) in [4.78, 5) is 13.0. The van der Waals surface area contributed by atoms with Gasteiger partial charge in [0.05, 0.1) is 5.92 Å². The van der Waals surface area contributed by atoms with Gasteiger partial charge >= 0.3 is 0 Å². The predicted octanol–water partition coefficient (Wildman–Crippen LogP) is 5.59. The predicted molar refractivity (Wildman–Crippen MR) is 107 cm³/mol. The third-order valence-electron chi connectivity index (χ3n) is 5.38. The number of halogens is 1. The minimum atomic E-state index is -0.251. The lowest BCUT2D eigenvalue weighted by Crippen LogP contribution is -2.22. The van der Waals surface area contributed by atoms with Gasteiger partial charge in [0.2, 0.25) is 5.91 Å². The molecule has 0 radical (unpaired) electrons. The monoisotopic (exact) mass is 361 g/mol. The second kappa shape index (κ2) is 6.62. The number of rotatable bonds is 4. The summed E-state index contributed by atoms with van der Waals surface area (Å²) in [6.07, 6.45) is 0.812. The number of hydrogen-bond donors (Lipinski definition) is 1. The maximum atomic E-state index is 13.0. The Morgan fingerprint density at radius 1 is 0.923 bits per heavy atom. The number of carbonyl (C=O) groups is 1. The van der Waals surface area contributed by atoms with Crippen LogP contribution in [-0.4, -0.2) is 5.91 Å². The maximum Gasteiger partial charge on any atom is 0.228 e. The lowest BCUT2D eigenvalue weighted by atomic mass is 9.85.